The van der Waals surface area contributed by atoms with Crippen molar-refractivity contribution < 1.29 is 4.79 Å². The van der Waals surface area contributed by atoms with Gasteiger partial charge in [0.2, 0.25) is 5.91 Å². The van der Waals surface area contributed by atoms with Gasteiger partial charge in [0.25, 0.3) is 0 Å². The highest BCUT2D eigenvalue weighted by Gasteiger charge is 2.17. The second-order valence-corrected chi connectivity index (χ2v) is 8.64. The van der Waals surface area contributed by atoms with E-state index in [0.29, 0.717) is 22.3 Å². The maximum absolute atomic E-state index is 12.5. The number of nitrogens with zero attached hydrogens (tertiary/aromatic N) is 6. The Morgan fingerprint density at radius 2 is 1.78 bits per heavy atom. The van der Waals surface area contributed by atoms with E-state index in [9.17, 15) is 4.79 Å². The molecular weight excluding hydrogens is 442 g/mol. The second-order valence-electron chi connectivity index (χ2n) is 6.65. The minimum absolute atomic E-state index is 0.118. The number of aromatic nitrogens is 5. The molecule has 0 saturated carbocycles. The molecule has 0 aliphatic rings. The highest BCUT2D eigenvalue weighted by molar-refractivity contribution is 7.99. The monoisotopic (exact) mass is 461 g/mol. The van der Waals surface area contributed by atoms with E-state index in [1.54, 1.807) is 18.8 Å². The molecule has 1 amide bonds. The Morgan fingerprint density at radius 1 is 1.06 bits per heavy atom. The Kier molecular flexibility index (Phi) is 6.89. The molecule has 0 fully saturated rings. The highest BCUT2D eigenvalue weighted by Crippen LogP contribution is 2.27. The van der Waals surface area contributed by atoms with Crippen molar-refractivity contribution in [3.8, 4) is 11.8 Å². The lowest BCUT2D eigenvalue weighted by Gasteiger charge is -2.10. The zero-order valence-electron chi connectivity index (χ0n) is 17.2. The van der Waals surface area contributed by atoms with Crippen molar-refractivity contribution in [3.63, 3.8) is 0 Å². The van der Waals surface area contributed by atoms with Crippen molar-refractivity contribution in [1.29, 1.82) is 5.26 Å². The topological polar surface area (TPSA) is 101 Å². The first-order chi connectivity index (χ1) is 15.7. The van der Waals surface area contributed by atoms with E-state index in [-0.39, 0.29) is 11.7 Å². The molecule has 0 aliphatic heterocycles. The van der Waals surface area contributed by atoms with E-state index in [1.165, 1.54) is 22.6 Å². The molecule has 160 valence electrons. The van der Waals surface area contributed by atoms with E-state index in [1.807, 2.05) is 59.2 Å². The van der Waals surface area contributed by atoms with Gasteiger partial charge < -0.3 is 5.32 Å². The smallest absolute Gasteiger partial charge is 0.236 e. The normalized spacial score (nSPS) is 10.6. The first-order valence-electron chi connectivity index (χ1n) is 9.68. The number of carbonyl (C=O) groups is 1. The van der Waals surface area contributed by atoms with Gasteiger partial charge in [-0.25, -0.2) is 0 Å². The van der Waals surface area contributed by atoms with Crippen molar-refractivity contribution in [2.45, 2.75) is 15.8 Å². The number of anilines is 1. The van der Waals surface area contributed by atoms with E-state index in [4.69, 9.17) is 5.26 Å². The molecule has 0 saturated heterocycles. The minimum atomic E-state index is -0.252. The summed E-state index contributed by atoms with van der Waals surface area (Å²) in [6.07, 6.45) is 1.42. The van der Waals surface area contributed by atoms with Crippen LogP contribution in [-0.2, 0) is 17.6 Å². The molecule has 0 aliphatic carbocycles. The lowest BCUT2D eigenvalue weighted by atomic mass is 10.3. The van der Waals surface area contributed by atoms with Crippen molar-refractivity contribution in [1.82, 2.24) is 24.5 Å². The summed E-state index contributed by atoms with van der Waals surface area (Å²) in [5, 5.41) is 25.3. The Hall–Kier alpha value is -3.55. The third kappa shape index (κ3) is 5.01. The molecule has 10 heteroatoms. The van der Waals surface area contributed by atoms with Crippen LogP contribution in [0, 0.1) is 11.3 Å². The zero-order valence-corrected chi connectivity index (χ0v) is 18.8. The summed E-state index contributed by atoms with van der Waals surface area (Å²) >= 11 is 2.97. The molecule has 2 aromatic heterocycles. The van der Waals surface area contributed by atoms with Crippen LogP contribution in [-0.4, -0.2) is 36.2 Å². The van der Waals surface area contributed by atoms with Gasteiger partial charge in [-0.3, -0.25) is 14.0 Å². The van der Waals surface area contributed by atoms with Gasteiger partial charge in [-0.1, -0.05) is 48.2 Å². The predicted molar refractivity (Wildman–Crippen MR) is 125 cm³/mol. The average molecular weight is 462 g/mol. The Labute approximate surface area is 193 Å². The van der Waals surface area contributed by atoms with E-state index in [0.717, 1.165) is 16.4 Å². The van der Waals surface area contributed by atoms with Gasteiger partial charge in [0, 0.05) is 17.6 Å². The molecule has 0 atom stereocenters. The van der Waals surface area contributed by atoms with Crippen LogP contribution >= 0.6 is 23.5 Å². The van der Waals surface area contributed by atoms with Crippen LogP contribution in [0.2, 0.25) is 0 Å². The zero-order chi connectivity index (χ0) is 22.3. The number of hydrogen-bond donors (Lipinski definition) is 1. The maximum atomic E-state index is 12.5. The highest BCUT2D eigenvalue weighted by atomic mass is 32.2. The number of amides is 1. The van der Waals surface area contributed by atoms with Crippen LogP contribution in [0.5, 0.6) is 0 Å². The molecule has 0 unspecified atom stereocenters. The first kappa shape index (κ1) is 21.7. The summed E-state index contributed by atoms with van der Waals surface area (Å²) in [4.78, 5) is 13.7. The Bertz CT molecular complexity index is 1250. The molecule has 0 radical (unpaired) electrons. The first-order valence-corrected chi connectivity index (χ1v) is 11.6. The van der Waals surface area contributed by atoms with Crippen LogP contribution in [0.15, 0.2) is 76.9 Å². The van der Waals surface area contributed by atoms with Crippen LogP contribution < -0.4 is 5.32 Å². The maximum Gasteiger partial charge on any atom is 0.236 e. The number of rotatable bonds is 8. The molecule has 2 heterocycles. The van der Waals surface area contributed by atoms with Gasteiger partial charge >= 0.3 is 0 Å². The summed E-state index contributed by atoms with van der Waals surface area (Å²) in [5.41, 5.74) is 1.25. The molecule has 8 nitrogen and oxygen atoms in total. The number of benzene rings is 2. The molecule has 0 bridgehead atoms. The number of carbonyl (C=O) groups excluding carboxylic acids is 1. The van der Waals surface area contributed by atoms with E-state index in [2.05, 4.69) is 32.7 Å². The fraction of sp³-hybridized carbons (Fsp3) is 0.136. The summed E-state index contributed by atoms with van der Waals surface area (Å²) in [6, 6.07) is 22.0. The third-order valence-corrected chi connectivity index (χ3v) is 6.41. The van der Waals surface area contributed by atoms with Gasteiger partial charge in [0.05, 0.1) is 17.7 Å². The standard InChI is InChI=1S/C22H19N7OS2/c1-28-21(16(12-23)13-24-28)25-20(30)15-32-22-27-26-19(14-31-18-10-6-3-7-11-18)29(22)17-8-4-2-5-9-17/h2-11,13H,14-15H2,1H3,(H,25,30). The SMILES string of the molecule is Cn1ncc(C#N)c1NC(=O)CSc1nnc(CSc2ccccc2)n1-c1ccccc1. The largest absolute Gasteiger partial charge is 0.309 e. The van der Waals surface area contributed by atoms with Crippen molar-refractivity contribution in [3.05, 3.63) is 78.2 Å². The summed E-state index contributed by atoms with van der Waals surface area (Å²) in [6.45, 7) is 0. The molecule has 4 rings (SSSR count). The summed E-state index contributed by atoms with van der Waals surface area (Å²) < 4.78 is 3.44. The van der Waals surface area contributed by atoms with E-state index >= 15 is 0 Å². The number of nitriles is 1. The molecule has 32 heavy (non-hydrogen) atoms. The Balaban J connectivity index is 1.50. The van der Waals surface area contributed by atoms with Crippen molar-refractivity contribution >= 4 is 35.2 Å². The van der Waals surface area contributed by atoms with Crippen LogP contribution in [0.3, 0.4) is 0 Å². The van der Waals surface area contributed by atoms with Crippen molar-refractivity contribution in [2.24, 2.45) is 7.05 Å². The molecular formula is C22H19N7OS2. The van der Waals surface area contributed by atoms with Gasteiger partial charge in [-0.05, 0) is 24.3 Å². The lowest BCUT2D eigenvalue weighted by molar-refractivity contribution is -0.113. The Morgan fingerprint density at radius 3 is 2.50 bits per heavy atom. The van der Waals surface area contributed by atoms with Crippen LogP contribution in [0.4, 0.5) is 5.82 Å². The molecule has 2 aromatic carbocycles. The lowest BCUT2D eigenvalue weighted by Crippen LogP contribution is -2.17. The number of thioether (sulfide) groups is 2. The van der Waals surface area contributed by atoms with Crippen LogP contribution in [0.25, 0.3) is 5.69 Å². The molecule has 1 N–H and O–H groups in total. The number of nitrogens with one attached hydrogen (secondary N) is 1. The molecule has 4 aromatic rings. The fourth-order valence-electron chi connectivity index (χ4n) is 2.95. The quantitative estimate of drug-likeness (QED) is 0.397. The minimum Gasteiger partial charge on any atom is -0.309 e. The van der Waals surface area contributed by atoms with Gasteiger partial charge in [0.1, 0.15) is 23.3 Å². The number of para-hydroxylation sites is 1. The summed E-state index contributed by atoms with van der Waals surface area (Å²) in [5.74, 6) is 1.68. The third-order valence-electron chi connectivity index (χ3n) is 4.48. The average Bonchev–Trinajstić information content (AvgIpc) is 3.40. The summed E-state index contributed by atoms with van der Waals surface area (Å²) in [7, 11) is 1.67. The van der Waals surface area contributed by atoms with Gasteiger partial charge in [-0.2, -0.15) is 10.4 Å². The predicted octanol–water partition coefficient (Wildman–Crippen LogP) is 3.90. The second kappa shape index (κ2) is 10.2. The van der Waals surface area contributed by atoms with Crippen molar-refractivity contribution in [2.75, 3.05) is 11.1 Å². The molecule has 0 spiro atoms. The fourth-order valence-corrected chi connectivity index (χ4v) is 4.56. The van der Waals surface area contributed by atoms with Gasteiger partial charge in [0.15, 0.2) is 5.16 Å². The van der Waals surface area contributed by atoms with Gasteiger partial charge in [-0.15, -0.1) is 22.0 Å². The van der Waals surface area contributed by atoms with Crippen LogP contribution in [0.1, 0.15) is 11.4 Å². The number of hydrogen-bond acceptors (Lipinski definition) is 7. The van der Waals surface area contributed by atoms with E-state index < -0.39 is 0 Å². The number of aryl methyl sites for hydroxylation is 1.